The van der Waals surface area contributed by atoms with Crippen LogP contribution in [0.1, 0.15) is 65.8 Å². The molecular weight excluding hydrogens is 419 g/mol. The summed E-state index contributed by atoms with van der Waals surface area (Å²) in [5, 5.41) is 10.1. The number of aliphatic hydroxyl groups excluding tert-OH is 1. The predicted molar refractivity (Wildman–Crippen MR) is 118 cm³/mol. The first-order valence-electron chi connectivity index (χ1n) is 10.8. The van der Waals surface area contributed by atoms with Crippen LogP contribution < -0.4 is 33.3 Å². The molecule has 3 aliphatic rings. The lowest BCUT2D eigenvalue weighted by molar-refractivity contribution is 0.242. The molecule has 4 atom stereocenters. The van der Waals surface area contributed by atoms with Gasteiger partial charge < -0.3 is 16.6 Å². The Hall–Kier alpha value is -2.23. The van der Waals surface area contributed by atoms with E-state index in [4.69, 9.17) is 11.5 Å². The number of rotatable bonds is 4. The van der Waals surface area contributed by atoms with Gasteiger partial charge in [-0.05, 0) is 56.2 Å². The molecule has 31 heavy (non-hydrogen) atoms. The fourth-order valence-corrected chi connectivity index (χ4v) is 6.73. The predicted octanol–water partition coefficient (Wildman–Crippen LogP) is 0.0455. The molecule has 4 unspecified atom stereocenters. The van der Waals surface area contributed by atoms with Gasteiger partial charge in [0, 0.05) is 27.8 Å². The quantitative estimate of drug-likeness (QED) is 0.528. The highest BCUT2D eigenvalue weighted by Gasteiger charge is 2.38. The number of fused-ring (bicyclic) bond motifs is 2. The maximum absolute atomic E-state index is 15.7. The second kappa shape index (κ2) is 7.43. The van der Waals surface area contributed by atoms with Crippen molar-refractivity contribution in [1.29, 1.82) is 0 Å². The summed E-state index contributed by atoms with van der Waals surface area (Å²) in [4.78, 5) is 29.5. The Morgan fingerprint density at radius 2 is 2.10 bits per heavy atom. The summed E-state index contributed by atoms with van der Waals surface area (Å²) >= 11 is 1.56. The van der Waals surface area contributed by atoms with Crippen LogP contribution >= 0.6 is 11.3 Å². The molecule has 0 spiro atoms. The first-order valence-corrected chi connectivity index (χ1v) is 11.6. The first kappa shape index (κ1) is 20.7. The zero-order chi connectivity index (χ0) is 22.0. The number of nitrogens with one attached hydrogen (secondary N) is 1. The van der Waals surface area contributed by atoms with Crippen molar-refractivity contribution in [3.63, 3.8) is 0 Å². The summed E-state index contributed by atoms with van der Waals surface area (Å²) in [6, 6.07) is 1.67. The second-order valence-corrected chi connectivity index (χ2v) is 10.1. The van der Waals surface area contributed by atoms with Crippen LogP contribution in [-0.2, 0) is 6.42 Å². The minimum absolute atomic E-state index is 0.0149. The number of aryl methyl sites for hydroxylation is 1. The average molecular weight is 447 g/mol. The van der Waals surface area contributed by atoms with Gasteiger partial charge in [-0.3, -0.25) is 14.3 Å². The van der Waals surface area contributed by atoms with Crippen molar-refractivity contribution in [2.75, 3.05) is 6.61 Å². The minimum atomic E-state index is -1.55. The highest BCUT2D eigenvalue weighted by Crippen LogP contribution is 2.44. The topological polar surface area (TPSA) is 127 Å². The van der Waals surface area contributed by atoms with Gasteiger partial charge in [-0.2, -0.15) is 0 Å². The number of hydrogen-bond acceptors (Lipinski definition) is 6. The van der Waals surface area contributed by atoms with Crippen LogP contribution in [0.5, 0.6) is 0 Å². The maximum atomic E-state index is 15.7. The van der Waals surface area contributed by atoms with Crippen LogP contribution in [0.15, 0.2) is 15.7 Å². The molecule has 0 aromatic carbocycles. The zero-order valence-corrected chi connectivity index (χ0v) is 18.2. The van der Waals surface area contributed by atoms with Gasteiger partial charge in [-0.1, -0.05) is 0 Å². The SMILES string of the molecule is CC1=c2c(c(=O)[nH]c(=O)n2C2CC2)=C(N)C(F)C1c1cc2c(s1)CCCC2C(N)CO. The van der Waals surface area contributed by atoms with E-state index < -0.39 is 23.3 Å². The average Bonchev–Trinajstić information content (AvgIpc) is 3.48. The molecule has 2 heterocycles. The van der Waals surface area contributed by atoms with E-state index in [0.717, 1.165) is 42.5 Å². The summed E-state index contributed by atoms with van der Waals surface area (Å²) in [5.74, 6) is -0.609. The lowest BCUT2D eigenvalue weighted by Gasteiger charge is -2.27. The van der Waals surface area contributed by atoms with Crippen LogP contribution in [0.25, 0.3) is 11.3 Å². The van der Waals surface area contributed by atoms with Gasteiger partial charge >= 0.3 is 5.69 Å². The van der Waals surface area contributed by atoms with E-state index in [1.165, 1.54) is 4.88 Å². The van der Waals surface area contributed by atoms with Gasteiger partial charge in [0.25, 0.3) is 5.56 Å². The molecule has 1 fully saturated rings. The molecule has 0 bridgehead atoms. The number of nitrogens with two attached hydrogens (primary N) is 2. The van der Waals surface area contributed by atoms with Crippen LogP contribution in [0.4, 0.5) is 4.39 Å². The third kappa shape index (κ3) is 3.13. The van der Waals surface area contributed by atoms with Gasteiger partial charge in [-0.25, -0.2) is 9.18 Å². The summed E-state index contributed by atoms with van der Waals surface area (Å²) < 4.78 is 17.3. The Morgan fingerprint density at radius 1 is 1.35 bits per heavy atom. The van der Waals surface area contributed by atoms with E-state index in [-0.39, 0.29) is 35.5 Å². The molecule has 2 aromatic heterocycles. The zero-order valence-electron chi connectivity index (χ0n) is 17.4. The summed E-state index contributed by atoms with van der Waals surface area (Å²) in [6.07, 6.45) is 2.92. The van der Waals surface area contributed by atoms with Gasteiger partial charge in [0.15, 0.2) is 6.17 Å². The molecule has 166 valence electrons. The number of aliphatic hydroxyl groups is 1. The number of halogens is 1. The van der Waals surface area contributed by atoms with Gasteiger partial charge in [0.2, 0.25) is 0 Å². The van der Waals surface area contributed by atoms with E-state index >= 15 is 4.39 Å². The van der Waals surface area contributed by atoms with Gasteiger partial charge in [0.05, 0.1) is 28.8 Å². The summed E-state index contributed by atoms with van der Waals surface area (Å²) in [7, 11) is 0. The van der Waals surface area contributed by atoms with Crippen LogP contribution in [0.3, 0.4) is 0 Å². The summed E-state index contributed by atoms with van der Waals surface area (Å²) in [5.41, 5.74) is 12.9. The molecular formula is C22H27FN4O3S. The largest absolute Gasteiger partial charge is 0.399 e. The maximum Gasteiger partial charge on any atom is 0.329 e. The lowest BCUT2D eigenvalue weighted by atomic mass is 9.81. The Bertz CT molecular complexity index is 1290. The van der Waals surface area contributed by atoms with E-state index in [1.54, 1.807) is 22.8 Å². The van der Waals surface area contributed by atoms with Gasteiger partial charge in [0.1, 0.15) is 0 Å². The fraction of sp³-hybridized carbons (Fsp3) is 0.545. The van der Waals surface area contributed by atoms with Crippen molar-refractivity contribution in [3.8, 4) is 0 Å². The van der Waals surface area contributed by atoms with Crippen molar-refractivity contribution in [2.24, 2.45) is 11.5 Å². The molecule has 7 nitrogen and oxygen atoms in total. The van der Waals surface area contributed by atoms with Crippen molar-refractivity contribution >= 4 is 22.6 Å². The molecule has 5 rings (SSSR count). The Balaban J connectivity index is 1.73. The van der Waals surface area contributed by atoms with Crippen LogP contribution in [-0.4, -0.2) is 33.5 Å². The molecule has 0 radical (unpaired) electrons. The molecule has 0 saturated heterocycles. The van der Waals surface area contributed by atoms with Crippen molar-refractivity contribution in [2.45, 2.75) is 69.1 Å². The molecule has 2 aromatic rings. The number of H-pyrrole nitrogens is 1. The van der Waals surface area contributed by atoms with Crippen molar-refractivity contribution < 1.29 is 9.50 Å². The molecule has 1 saturated carbocycles. The monoisotopic (exact) mass is 446 g/mol. The van der Waals surface area contributed by atoms with Crippen LogP contribution in [0.2, 0.25) is 0 Å². The standard InChI is InChI=1S/C22H27FN4O3S/c1-9-16(15-7-12-11(13(24)8-28)3-2-4-14(12)31-15)18(23)19(25)17-20(9)27(10-5-6-10)22(30)26-21(17)29/h7,10-11,13,16,18,28H,2-6,8,24-25H2,1H3,(H,26,29,30). The second-order valence-electron chi connectivity index (χ2n) is 8.97. The third-order valence-corrected chi connectivity index (χ3v) is 8.28. The van der Waals surface area contributed by atoms with Gasteiger partial charge in [-0.15, -0.1) is 11.3 Å². The highest BCUT2D eigenvalue weighted by atomic mass is 32.1. The van der Waals surface area contributed by atoms with E-state index in [1.807, 2.05) is 6.07 Å². The molecule has 9 heteroatoms. The molecule has 0 amide bonds. The normalized spacial score (nSPS) is 26.5. The molecule has 6 N–H and O–H groups in total. The van der Waals surface area contributed by atoms with E-state index in [9.17, 15) is 14.7 Å². The lowest BCUT2D eigenvalue weighted by Crippen LogP contribution is -2.59. The number of aromatic amines is 1. The van der Waals surface area contributed by atoms with Crippen molar-refractivity contribution in [1.82, 2.24) is 9.55 Å². The third-order valence-electron chi connectivity index (χ3n) is 6.99. The fourth-order valence-electron chi connectivity index (χ4n) is 5.26. The minimum Gasteiger partial charge on any atom is -0.399 e. The number of aromatic nitrogens is 2. The van der Waals surface area contributed by atoms with E-state index in [0.29, 0.717) is 10.9 Å². The number of thiophene rings is 1. The Kier molecular flexibility index (Phi) is 4.95. The Labute approximate surface area is 181 Å². The smallest absolute Gasteiger partial charge is 0.329 e. The molecule has 0 aliphatic heterocycles. The van der Waals surface area contributed by atoms with E-state index in [2.05, 4.69) is 4.98 Å². The number of hydrogen-bond donors (Lipinski definition) is 4. The summed E-state index contributed by atoms with van der Waals surface area (Å²) in [6.45, 7) is 1.70. The number of nitrogens with zero attached hydrogens (tertiary/aromatic N) is 1. The Morgan fingerprint density at radius 3 is 2.77 bits per heavy atom. The highest BCUT2D eigenvalue weighted by molar-refractivity contribution is 7.12. The van der Waals surface area contributed by atoms with Crippen LogP contribution in [0, 0.1) is 0 Å². The first-order chi connectivity index (χ1) is 14.8. The number of alkyl halides is 1. The molecule has 3 aliphatic carbocycles. The van der Waals surface area contributed by atoms with Crippen molar-refractivity contribution in [3.05, 3.63) is 52.8 Å².